The van der Waals surface area contributed by atoms with Gasteiger partial charge in [-0.2, -0.15) is 0 Å². The largest absolute Gasteiger partial charge is 0.289 e. The lowest BCUT2D eigenvalue weighted by molar-refractivity contribution is -0.124. The molecule has 0 aliphatic heterocycles. The molecule has 0 radical (unpaired) electrons. The van der Waals surface area contributed by atoms with Gasteiger partial charge in [-0.15, -0.1) is 0 Å². The zero-order chi connectivity index (χ0) is 13.5. The van der Waals surface area contributed by atoms with Crippen LogP contribution in [-0.2, 0) is 11.2 Å². The third-order valence-corrected chi connectivity index (χ3v) is 2.46. The quantitative estimate of drug-likeness (QED) is 0.625. The van der Waals surface area contributed by atoms with E-state index < -0.39 is 11.6 Å². The summed E-state index contributed by atoms with van der Waals surface area (Å²) in [6, 6.07) is 3.43. The molecule has 0 spiro atoms. The van der Waals surface area contributed by atoms with E-state index in [1.807, 2.05) is 0 Å². The van der Waals surface area contributed by atoms with E-state index in [-0.39, 0.29) is 5.91 Å². The first kappa shape index (κ1) is 14.6. The summed E-state index contributed by atoms with van der Waals surface area (Å²) in [4.78, 5) is 11.3. The molecular formula is C13H18F2N2O. The number of nitrogens with zero attached hydrogens (tertiary/aromatic N) is 1. The zero-order valence-electron chi connectivity index (χ0n) is 10.7. The molecule has 0 heterocycles. The average molecular weight is 256 g/mol. The summed E-state index contributed by atoms with van der Waals surface area (Å²) in [5.41, 5.74) is 2.99. The zero-order valence-corrected chi connectivity index (χ0v) is 10.7. The lowest BCUT2D eigenvalue weighted by Crippen LogP contribution is -2.35. The van der Waals surface area contributed by atoms with Crippen LogP contribution in [0.2, 0.25) is 0 Å². The highest BCUT2D eigenvalue weighted by Gasteiger charge is 2.05. The van der Waals surface area contributed by atoms with Crippen LogP contribution in [0.1, 0.15) is 24.8 Å². The van der Waals surface area contributed by atoms with Crippen molar-refractivity contribution in [3.05, 3.63) is 35.4 Å². The van der Waals surface area contributed by atoms with E-state index in [0.29, 0.717) is 31.2 Å². The topological polar surface area (TPSA) is 32.3 Å². The Balaban J connectivity index is 2.29. The van der Waals surface area contributed by atoms with Crippen molar-refractivity contribution in [1.82, 2.24) is 10.4 Å². The van der Waals surface area contributed by atoms with Gasteiger partial charge in [-0.05, 0) is 43.0 Å². The van der Waals surface area contributed by atoms with E-state index in [2.05, 4.69) is 5.43 Å². The molecule has 0 bridgehead atoms. The highest BCUT2D eigenvalue weighted by Crippen LogP contribution is 2.13. The molecule has 1 aromatic carbocycles. The Labute approximate surface area is 106 Å². The van der Waals surface area contributed by atoms with Gasteiger partial charge < -0.3 is 0 Å². The standard InChI is InChI=1S/C13H18F2N2O/c1-17(2)16-13(18)6-4-3-5-10-9-11(14)7-8-12(10)15/h7-9H,3-6H2,1-2H3,(H,16,18). The number of hydrogen-bond acceptors (Lipinski definition) is 2. The second kappa shape index (κ2) is 7.06. The lowest BCUT2D eigenvalue weighted by atomic mass is 10.1. The maximum atomic E-state index is 13.3. The third-order valence-electron chi connectivity index (χ3n) is 2.46. The Hall–Kier alpha value is -1.49. The molecule has 0 fully saturated rings. The molecular weight excluding hydrogens is 238 g/mol. The Morgan fingerprint density at radius 2 is 2.00 bits per heavy atom. The van der Waals surface area contributed by atoms with Crippen molar-refractivity contribution in [1.29, 1.82) is 0 Å². The van der Waals surface area contributed by atoms with Crippen LogP contribution in [0.15, 0.2) is 18.2 Å². The van der Waals surface area contributed by atoms with E-state index in [0.717, 1.165) is 12.1 Å². The second-order valence-electron chi connectivity index (χ2n) is 4.37. The summed E-state index contributed by atoms with van der Waals surface area (Å²) in [5, 5.41) is 1.58. The van der Waals surface area contributed by atoms with Crippen molar-refractivity contribution in [2.24, 2.45) is 0 Å². The third kappa shape index (κ3) is 5.23. The van der Waals surface area contributed by atoms with Crippen LogP contribution < -0.4 is 5.43 Å². The van der Waals surface area contributed by atoms with E-state index in [1.165, 1.54) is 6.07 Å². The minimum atomic E-state index is -0.434. The first-order valence-corrected chi connectivity index (χ1v) is 5.90. The van der Waals surface area contributed by atoms with Crippen LogP contribution in [-0.4, -0.2) is 25.0 Å². The maximum Gasteiger partial charge on any atom is 0.234 e. The Kier molecular flexibility index (Phi) is 5.71. The van der Waals surface area contributed by atoms with E-state index in [4.69, 9.17) is 0 Å². The monoisotopic (exact) mass is 256 g/mol. The molecule has 1 aromatic rings. The van der Waals surface area contributed by atoms with E-state index in [1.54, 1.807) is 19.1 Å². The van der Waals surface area contributed by atoms with Crippen molar-refractivity contribution in [2.45, 2.75) is 25.7 Å². The molecule has 0 aliphatic rings. The molecule has 18 heavy (non-hydrogen) atoms. The van der Waals surface area contributed by atoms with Crippen LogP contribution in [0.25, 0.3) is 0 Å². The van der Waals surface area contributed by atoms with Crippen molar-refractivity contribution in [3.8, 4) is 0 Å². The predicted octanol–water partition coefficient (Wildman–Crippen LogP) is 2.27. The summed E-state index contributed by atoms with van der Waals surface area (Å²) in [7, 11) is 3.47. The second-order valence-corrected chi connectivity index (χ2v) is 4.37. The molecule has 3 nitrogen and oxygen atoms in total. The molecule has 0 aliphatic carbocycles. The Bertz CT molecular complexity index is 408. The number of benzene rings is 1. The van der Waals surface area contributed by atoms with Gasteiger partial charge in [0.1, 0.15) is 11.6 Å². The smallest absolute Gasteiger partial charge is 0.234 e. The van der Waals surface area contributed by atoms with Crippen LogP contribution in [0.4, 0.5) is 8.78 Å². The van der Waals surface area contributed by atoms with Crippen LogP contribution >= 0.6 is 0 Å². The van der Waals surface area contributed by atoms with Crippen molar-refractivity contribution in [2.75, 3.05) is 14.1 Å². The van der Waals surface area contributed by atoms with E-state index in [9.17, 15) is 13.6 Å². The molecule has 1 N–H and O–H groups in total. The van der Waals surface area contributed by atoms with Crippen LogP contribution in [0.3, 0.4) is 0 Å². The molecule has 5 heteroatoms. The van der Waals surface area contributed by atoms with Gasteiger partial charge in [0.2, 0.25) is 5.91 Å². The predicted molar refractivity (Wildman–Crippen MR) is 65.7 cm³/mol. The van der Waals surface area contributed by atoms with Gasteiger partial charge in [0.25, 0.3) is 0 Å². The van der Waals surface area contributed by atoms with Crippen molar-refractivity contribution in [3.63, 3.8) is 0 Å². The number of hydrazine groups is 1. The number of unbranched alkanes of at least 4 members (excludes halogenated alkanes) is 1. The van der Waals surface area contributed by atoms with E-state index >= 15 is 0 Å². The van der Waals surface area contributed by atoms with Crippen molar-refractivity contribution >= 4 is 5.91 Å². The average Bonchev–Trinajstić information content (AvgIpc) is 2.28. The van der Waals surface area contributed by atoms with Crippen molar-refractivity contribution < 1.29 is 13.6 Å². The molecule has 100 valence electrons. The fourth-order valence-corrected chi connectivity index (χ4v) is 1.64. The Morgan fingerprint density at radius 1 is 1.28 bits per heavy atom. The number of hydrogen-bond donors (Lipinski definition) is 1. The first-order chi connectivity index (χ1) is 8.49. The number of carbonyl (C=O) groups is 1. The van der Waals surface area contributed by atoms with Gasteiger partial charge >= 0.3 is 0 Å². The van der Waals surface area contributed by atoms with Crippen LogP contribution in [0.5, 0.6) is 0 Å². The normalized spacial score (nSPS) is 10.7. The summed E-state index contributed by atoms with van der Waals surface area (Å²) < 4.78 is 26.2. The fourth-order valence-electron chi connectivity index (χ4n) is 1.64. The summed E-state index contributed by atoms with van der Waals surface area (Å²) in [6.45, 7) is 0. The van der Waals surface area contributed by atoms with Gasteiger partial charge in [0.15, 0.2) is 0 Å². The molecule has 1 rings (SSSR count). The van der Waals surface area contributed by atoms with Gasteiger partial charge in [-0.1, -0.05) is 0 Å². The molecule has 0 atom stereocenters. The summed E-state index contributed by atoms with van der Waals surface area (Å²) in [5.74, 6) is -0.898. The lowest BCUT2D eigenvalue weighted by Gasteiger charge is -2.11. The summed E-state index contributed by atoms with van der Waals surface area (Å²) >= 11 is 0. The molecule has 1 amide bonds. The number of aryl methyl sites for hydroxylation is 1. The van der Waals surface area contributed by atoms with Gasteiger partial charge in [-0.25, -0.2) is 13.8 Å². The number of carbonyl (C=O) groups excluding carboxylic acids is 1. The first-order valence-electron chi connectivity index (χ1n) is 5.90. The van der Waals surface area contributed by atoms with Gasteiger partial charge in [0.05, 0.1) is 0 Å². The summed E-state index contributed by atoms with van der Waals surface area (Å²) in [6.07, 6.45) is 2.13. The maximum absolute atomic E-state index is 13.3. The van der Waals surface area contributed by atoms with Gasteiger partial charge in [0, 0.05) is 20.5 Å². The number of rotatable bonds is 6. The number of nitrogens with one attached hydrogen (secondary N) is 1. The SMILES string of the molecule is CN(C)NC(=O)CCCCc1cc(F)ccc1F. The minimum absolute atomic E-state index is 0.0697. The highest BCUT2D eigenvalue weighted by molar-refractivity contribution is 5.75. The fraction of sp³-hybridized carbons (Fsp3) is 0.462. The minimum Gasteiger partial charge on any atom is -0.289 e. The Morgan fingerprint density at radius 3 is 2.67 bits per heavy atom. The van der Waals surface area contributed by atoms with Gasteiger partial charge in [-0.3, -0.25) is 10.2 Å². The number of halogens is 2. The molecule has 0 saturated heterocycles. The highest BCUT2D eigenvalue weighted by atomic mass is 19.1. The van der Waals surface area contributed by atoms with Crippen LogP contribution in [0, 0.1) is 11.6 Å². The number of amides is 1. The molecule has 0 saturated carbocycles. The molecule has 0 unspecified atom stereocenters. The molecule has 0 aromatic heterocycles.